The third-order valence-corrected chi connectivity index (χ3v) is 3.60. The minimum absolute atomic E-state index is 0.0223. The molecule has 1 heterocycles. The summed E-state index contributed by atoms with van der Waals surface area (Å²) in [6.45, 7) is 2.51. The summed E-state index contributed by atoms with van der Waals surface area (Å²) in [5.74, 6) is -4.12. The van der Waals surface area contributed by atoms with Gasteiger partial charge < -0.3 is 19.3 Å². The van der Waals surface area contributed by atoms with E-state index in [1.807, 2.05) is 0 Å². The smallest absolute Gasteiger partial charge is 0.352 e. The topological polar surface area (TPSA) is 116 Å². The summed E-state index contributed by atoms with van der Waals surface area (Å²) in [5, 5.41) is 9.31. The summed E-state index contributed by atoms with van der Waals surface area (Å²) in [6.07, 6.45) is 0.358. The van der Waals surface area contributed by atoms with Crippen molar-refractivity contribution in [2.45, 2.75) is 31.0 Å². The highest BCUT2D eigenvalue weighted by Gasteiger charge is 2.62. The third-order valence-electron chi connectivity index (χ3n) is 3.60. The number of carbonyl (C=O) groups excluding carboxylic acids is 3. The molecule has 1 aliphatic carbocycles. The Kier molecular flexibility index (Phi) is 3.97. The molecule has 2 fully saturated rings. The number of carboxylic acids is 1. The van der Waals surface area contributed by atoms with Crippen molar-refractivity contribution in [1.29, 1.82) is 0 Å². The van der Waals surface area contributed by atoms with Gasteiger partial charge >= 0.3 is 23.9 Å². The van der Waals surface area contributed by atoms with Gasteiger partial charge in [0.2, 0.25) is 5.60 Å². The molecule has 21 heavy (non-hydrogen) atoms. The zero-order valence-corrected chi connectivity index (χ0v) is 11.1. The number of hydrogen-bond acceptors (Lipinski definition) is 7. The van der Waals surface area contributed by atoms with Gasteiger partial charge in [0.1, 0.15) is 0 Å². The van der Waals surface area contributed by atoms with Gasteiger partial charge in [0, 0.05) is 12.5 Å². The second kappa shape index (κ2) is 5.55. The fourth-order valence-corrected chi connectivity index (χ4v) is 2.56. The normalized spacial score (nSPS) is 30.2. The average Bonchev–Trinajstić information content (AvgIpc) is 2.73. The molecule has 114 valence electrons. The van der Waals surface area contributed by atoms with E-state index < -0.39 is 48.1 Å². The predicted molar refractivity (Wildman–Crippen MR) is 64.8 cm³/mol. The van der Waals surface area contributed by atoms with Crippen LogP contribution < -0.4 is 0 Å². The quantitative estimate of drug-likeness (QED) is 0.421. The minimum Gasteiger partial charge on any atom is -0.478 e. The molecule has 0 aromatic heterocycles. The van der Waals surface area contributed by atoms with Crippen LogP contribution in [-0.4, -0.2) is 47.3 Å². The van der Waals surface area contributed by atoms with Crippen molar-refractivity contribution in [3.63, 3.8) is 0 Å². The van der Waals surface area contributed by atoms with Crippen LogP contribution in [0.5, 0.6) is 0 Å². The fourth-order valence-electron chi connectivity index (χ4n) is 2.56. The first-order valence-electron chi connectivity index (χ1n) is 6.34. The highest BCUT2D eigenvalue weighted by molar-refractivity contribution is 5.89. The Morgan fingerprint density at radius 2 is 2.14 bits per heavy atom. The molecule has 0 spiro atoms. The van der Waals surface area contributed by atoms with Crippen LogP contribution in [0.1, 0.15) is 19.3 Å². The summed E-state index contributed by atoms with van der Waals surface area (Å²) in [6, 6.07) is 0. The average molecular weight is 298 g/mol. The van der Waals surface area contributed by atoms with Crippen molar-refractivity contribution in [1.82, 2.24) is 0 Å². The van der Waals surface area contributed by atoms with Crippen LogP contribution in [0.2, 0.25) is 0 Å². The van der Waals surface area contributed by atoms with Crippen LogP contribution in [0, 0.1) is 5.92 Å². The Labute approximate surface area is 119 Å². The fraction of sp³-hybridized carbons (Fsp3) is 0.538. The number of esters is 3. The van der Waals surface area contributed by atoms with E-state index in [-0.39, 0.29) is 12.8 Å². The van der Waals surface area contributed by atoms with E-state index in [0.29, 0.717) is 6.42 Å². The molecule has 2 bridgehead atoms. The second-order valence-electron chi connectivity index (χ2n) is 4.88. The Morgan fingerprint density at radius 1 is 1.43 bits per heavy atom. The first-order chi connectivity index (χ1) is 9.89. The molecule has 1 aliphatic heterocycles. The monoisotopic (exact) mass is 298 g/mol. The molecule has 1 saturated heterocycles. The number of ether oxygens (including phenoxy) is 3. The molecule has 0 amide bonds. The molecular formula is C13H14O8. The predicted octanol–water partition coefficient (Wildman–Crippen LogP) is -0.192. The van der Waals surface area contributed by atoms with E-state index in [0.717, 1.165) is 6.08 Å². The van der Waals surface area contributed by atoms with E-state index in [9.17, 15) is 24.3 Å². The molecule has 2 rings (SSSR count). The molecule has 8 heteroatoms. The van der Waals surface area contributed by atoms with Crippen molar-refractivity contribution in [3.05, 3.63) is 12.7 Å². The maximum atomic E-state index is 11.6. The van der Waals surface area contributed by atoms with Gasteiger partial charge in [-0.1, -0.05) is 6.58 Å². The first kappa shape index (κ1) is 15.0. The molecule has 0 radical (unpaired) electrons. The van der Waals surface area contributed by atoms with Crippen molar-refractivity contribution in [2.24, 2.45) is 5.92 Å². The van der Waals surface area contributed by atoms with Crippen LogP contribution >= 0.6 is 0 Å². The maximum Gasteiger partial charge on any atom is 0.352 e. The van der Waals surface area contributed by atoms with Crippen LogP contribution in [0.3, 0.4) is 0 Å². The lowest BCUT2D eigenvalue weighted by Crippen LogP contribution is -2.53. The van der Waals surface area contributed by atoms with Crippen LogP contribution in [-0.2, 0) is 33.4 Å². The van der Waals surface area contributed by atoms with Gasteiger partial charge in [-0.25, -0.2) is 14.4 Å². The number of carboxylic acid groups (broad SMARTS) is 1. The highest BCUT2D eigenvalue weighted by atomic mass is 16.6. The molecule has 0 aromatic carbocycles. The van der Waals surface area contributed by atoms with Crippen molar-refractivity contribution < 1.29 is 38.5 Å². The van der Waals surface area contributed by atoms with Crippen molar-refractivity contribution in [3.8, 4) is 0 Å². The zero-order chi connectivity index (χ0) is 15.6. The molecule has 1 saturated carbocycles. The van der Waals surface area contributed by atoms with E-state index in [4.69, 9.17) is 9.47 Å². The van der Waals surface area contributed by atoms with E-state index in [1.54, 1.807) is 0 Å². The van der Waals surface area contributed by atoms with Gasteiger partial charge in [0.05, 0.1) is 5.92 Å². The van der Waals surface area contributed by atoms with E-state index in [2.05, 4.69) is 11.3 Å². The minimum atomic E-state index is -1.84. The Hall–Kier alpha value is -2.38. The molecule has 0 aromatic rings. The highest BCUT2D eigenvalue weighted by Crippen LogP contribution is 2.44. The number of fused-ring (bicyclic) bond motifs is 2. The lowest BCUT2D eigenvalue weighted by atomic mass is 9.78. The lowest BCUT2D eigenvalue weighted by Gasteiger charge is -2.33. The van der Waals surface area contributed by atoms with Gasteiger partial charge in [-0.15, -0.1) is 0 Å². The van der Waals surface area contributed by atoms with Gasteiger partial charge in [0.15, 0.2) is 12.7 Å². The van der Waals surface area contributed by atoms with Gasteiger partial charge in [0.25, 0.3) is 0 Å². The van der Waals surface area contributed by atoms with Crippen LogP contribution in [0.25, 0.3) is 0 Å². The Morgan fingerprint density at radius 3 is 2.76 bits per heavy atom. The van der Waals surface area contributed by atoms with Crippen LogP contribution in [0.4, 0.5) is 0 Å². The van der Waals surface area contributed by atoms with Gasteiger partial charge in [-0.2, -0.15) is 0 Å². The number of hydrogen-bond donors (Lipinski definition) is 1. The molecule has 2 aliphatic rings. The van der Waals surface area contributed by atoms with Crippen molar-refractivity contribution in [2.75, 3.05) is 6.61 Å². The van der Waals surface area contributed by atoms with Crippen molar-refractivity contribution >= 4 is 23.9 Å². The van der Waals surface area contributed by atoms with Gasteiger partial charge in [-0.05, 0) is 12.8 Å². The standard InChI is InChI=1S/C13H14O8/c1-2-9(14)19-6-10(15)20-8-4-3-7-5-13(8,12(17)18)21-11(7)16/h2,7-8H,1,3-6H2,(H,17,18). The number of aliphatic carboxylic acids is 1. The summed E-state index contributed by atoms with van der Waals surface area (Å²) in [7, 11) is 0. The largest absolute Gasteiger partial charge is 0.478 e. The van der Waals surface area contributed by atoms with Gasteiger partial charge in [-0.3, -0.25) is 4.79 Å². The first-order valence-corrected chi connectivity index (χ1v) is 6.34. The van der Waals surface area contributed by atoms with E-state index in [1.165, 1.54) is 0 Å². The molecule has 3 unspecified atom stereocenters. The summed E-state index contributed by atoms with van der Waals surface area (Å²) < 4.78 is 14.5. The summed E-state index contributed by atoms with van der Waals surface area (Å²) >= 11 is 0. The number of rotatable bonds is 5. The molecule has 8 nitrogen and oxygen atoms in total. The molecule has 1 N–H and O–H groups in total. The molecule has 3 atom stereocenters. The zero-order valence-electron chi connectivity index (χ0n) is 11.1. The third kappa shape index (κ3) is 2.74. The maximum absolute atomic E-state index is 11.6. The Bertz CT molecular complexity index is 510. The number of carbonyl (C=O) groups is 4. The SMILES string of the molecule is C=CC(=O)OCC(=O)OC1CCC2CC1(C(=O)O)OC2=O. The molecular weight excluding hydrogens is 284 g/mol. The Balaban J connectivity index is 2.03. The van der Waals surface area contributed by atoms with E-state index >= 15 is 0 Å². The van der Waals surface area contributed by atoms with Crippen LogP contribution in [0.15, 0.2) is 12.7 Å². The summed E-state index contributed by atoms with van der Waals surface area (Å²) in [4.78, 5) is 45.4. The lowest BCUT2D eigenvalue weighted by molar-refractivity contribution is -0.193. The second-order valence-corrected chi connectivity index (χ2v) is 4.88. The summed E-state index contributed by atoms with van der Waals surface area (Å²) in [5.41, 5.74) is -1.84.